The van der Waals surface area contributed by atoms with E-state index >= 15 is 0 Å². The van der Waals surface area contributed by atoms with E-state index in [2.05, 4.69) is 26.1 Å². The van der Waals surface area contributed by atoms with Crippen LogP contribution in [0.5, 0.6) is 0 Å². The molecule has 0 aromatic carbocycles. The fraction of sp³-hybridized carbons (Fsp3) is 1.00. The maximum atomic E-state index is 8.87. The fourth-order valence-corrected chi connectivity index (χ4v) is 0.807. The first-order chi connectivity index (χ1) is 5.66. The van der Waals surface area contributed by atoms with Crippen molar-refractivity contribution in [2.75, 3.05) is 13.1 Å². The Morgan fingerprint density at radius 3 is 1.92 bits per heavy atom. The van der Waals surface area contributed by atoms with Crippen molar-refractivity contribution in [1.29, 1.82) is 0 Å². The van der Waals surface area contributed by atoms with Gasteiger partial charge in [-0.3, -0.25) is 0 Å². The molecule has 0 unspecified atom stereocenters. The van der Waals surface area contributed by atoms with Crippen LogP contribution in [0.2, 0.25) is 0 Å². The molecule has 1 aliphatic rings. The first-order valence-electron chi connectivity index (χ1n) is 5.05. The van der Waals surface area contributed by atoms with Crippen molar-refractivity contribution >= 4 is 0 Å². The minimum Gasteiger partial charge on any atom is -0.393 e. The molecule has 0 bridgehead atoms. The summed E-state index contributed by atoms with van der Waals surface area (Å²) >= 11 is 0. The molecule has 1 aliphatic heterocycles. The second-order valence-electron chi connectivity index (χ2n) is 3.78. The molecule has 1 heterocycles. The lowest BCUT2D eigenvalue weighted by atomic mass is 10.1. The molecule has 2 nitrogen and oxygen atoms in total. The van der Waals surface area contributed by atoms with Gasteiger partial charge in [0.25, 0.3) is 0 Å². The van der Waals surface area contributed by atoms with Gasteiger partial charge in [0.05, 0.1) is 6.10 Å². The Morgan fingerprint density at radius 2 is 1.75 bits per heavy atom. The van der Waals surface area contributed by atoms with E-state index in [1.807, 2.05) is 0 Å². The number of nitrogens with one attached hydrogen (secondary N) is 1. The summed E-state index contributed by atoms with van der Waals surface area (Å²) in [5.74, 6) is 0.884. The molecule has 0 aliphatic carbocycles. The van der Waals surface area contributed by atoms with Crippen LogP contribution in [0.4, 0.5) is 0 Å². The second kappa shape index (κ2) is 7.56. The lowest BCUT2D eigenvalue weighted by Crippen LogP contribution is -2.30. The van der Waals surface area contributed by atoms with Gasteiger partial charge >= 0.3 is 0 Å². The Kier molecular flexibility index (Phi) is 7.51. The molecule has 2 N–H and O–H groups in total. The van der Waals surface area contributed by atoms with Crippen LogP contribution in [0.3, 0.4) is 0 Å². The number of aliphatic hydroxyl groups excluding tert-OH is 1. The minimum atomic E-state index is -0.0266. The molecule has 0 atom stereocenters. The maximum Gasteiger partial charge on any atom is 0.0564 e. The molecule has 12 heavy (non-hydrogen) atoms. The summed E-state index contributed by atoms with van der Waals surface area (Å²) in [6.07, 6.45) is 3.14. The van der Waals surface area contributed by atoms with Crippen LogP contribution in [0.15, 0.2) is 0 Å². The normalized spacial score (nSPS) is 18.8. The van der Waals surface area contributed by atoms with E-state index in [4.69, 9.17) is 5.11 Å². The highest BCUT2D eigenvalue weighted by molar-refractivity contribution is 4.65. The lowest BCUT2D eigenvalue weighted by Gasteiger charge is -2.16. The van der Waals surface area contributed by atoms with Crippen molar-refractivity contribution in [1.82, 2.24) is 5.32 Å². The molecule has 1 saturated heterocycles. The van der Waals surface area contributed by atoms with Crippen LogP contribution in [0.25, 0.3) is 0 Å². The quantitative estimate of drug-likeness (QED) is 0.633. The predicted molar refractivity (Wildman–Crippen MR) is 53.2 cm³/mol. The summed E-state index contributed by atoms with van der Waals surface area (Å²) < 4.78 is 0. The van der Waals surface area contributed by atoms with Gasteiger partial charge in [0.2, 0.25) is 0 Å². The molecule has 0 aromatic heterocycles. The number of hydrogen-bond acceptors (Lipinski definition) is 2. The van der Waals surface area contributed by atoms with Crippen molar-refractivity contribution in [3.63, 3.8) is 0 Å². The van der Waals surface area contributed by atoms with Crippen molar-refractivity contribution in [3.05, 3.63) is 0 Å². The van der Waals surface area contributed by atoms with Gasteiger partial charge in [-0.25, -0.2) is 0 Å². The van der Waals surface area contributed by atoms with Crippen LogP contribution >= 0.6 is 0 Å². The average Bonchev–Trinajstić information content (AvgIpc) is 2.07. The largest absolute Gasteiger partial charge is 0.393 e. The smallest absolute Gasteiger partial charge is 0.0564 e. The Labute approximate surface area is 76.4 Å². The molecule has 0 saturated carbocycles. The first kappa shape index (κ1) is 11.9. The minimum absolute atomic E-state index is 0.0266. The summed E-state index contributed by atoms with van der Waals surface area (Å²) in [7, 11) is 0. The molecule has 1 rings (SSSR count). The molecule has 0 amide bonds. The van der Waals surface area contributed by atoms with E-state index in [0.717, 1.165) is 31.8 Å². The van der Waals surface area contributed by atoms with E-state index in [-0.39, 0.29) is 6.10 Å². The zero-order valence-electron chi connectivity index (χ0n) is 8.64. The van der Waals surface area contributed by atoms with Crippen LogP contribution < -0.4 is 5.32 Å². The SMILES string of the molecule is CCC(C)C.OC1CCNCC1. The van der Waals surface area contributed by atoms with E-state index in [0.29, 0.717) is 0 Å². The van der Waals surface area contributed by atoms with Crippen LogP contribution in [0.1, 0.15) is 40.0 Å². The zero-order chi connectivity index (χ0) is 9.40. The van der Waals surface area contributed by atoms with Gasteiger partial charge in [-0.05, 0) is 31.8 Å². The van der Waals surface area contributed by atoms with E-state index < -0.39 is 0 Å². The Hall–Kier alpha value is -0.0800. The monoisotopic (exact) mass is 173 g/mol. The molecular weight excluding hydrogens is 150 g/mol. The molecular formula is C10H23NO. The van der Waals surface area contributed by atoms with Gasteiger partial charge in [0, 0.05) is 0 Å². The highest BCUT2D eigenvalue weighted by Gasteiger charge is 2.06. The summed E-state index contributed by atoms with van der Waals surface area (Å²) in [5, 5.41) is 12.0. The highest BCUT2D eigenvalue weighted by atomic mass is 16.3. The standard InChI is InChI=1S/C5H11NO.C5H12/c7-5-1-3-6-4-2-5;1-4-5(2)3/h5-7H,1-4H2;5H,4H2,1-3H3. The number of piperidine rings is 1. The summed E-state index contributed by atoms with van der Waals surface area (Å²) in [6.45, 7) is 8.62. The number of rotatable bonds is 1. The Bertz CT molecular complexity index is 87.8. The summed E-state index contributed by atoms with van der Waals surface area (Å²) in [5.41, 5.74) is 0. The van der Waals surface area contributed by atoms with Crippen molar-refractivity contribution < 1.29 is 5.11 Å². The highest BCUT2D eigenvalue weighted by Crippen LogP contribution is 1.99. The summed E-state index contributed by atoms with van der Waals surface area (Å²) in [6, 6.07) is 0. The van der Waals surface area contributed by atoms with Gasteiger partial charge in [0.1, 0.15) is 0 Å². The van der Waals surface area contributed by atoms with Crippen LogP contribution in [0, 0.1) is 5.92 Å². The van der Waals surface area contributed by atoms with Gasteiger partial charge < -0.3 is 10.4 Å². The second-order valence-corrected chi connectivity index (χ2v) is 3.78. The van der Waals surface area contributed by atoms with E-state index in [1.165, 1.54) is 6.42 Å². The maximum absolute atomic E-state index is 8.87. The van der Waals surface area contributed by atoms with Crippen molar-refractivity contribution in [2.45, 2.75) is 46.1 Å². The molecule has 2 heteroatoms. The number of aliphatic hydroxyl groups is 1. The molecule has 0 aromatic rings. The van der Waals surface area contributed by atoms with Gasteiger partial charge in [-0.1, -0.05) is 27.2 Å². The van der Waals surface area contributed by atoms with Crippen molar-refractivity contribution in [3.8, 4) is 0 Å². The third-order valence-electron chi connectivity index (χ3n) is 2.13. The molecule has 1 fully saturated rings. The summed E-state index contributed by atoms with van der Waals surface area (Å²) in [4.78, 5) is 0. The third-order valence-corrected chi connectivity index (χ3v) is 2.13. The lowest BCUT2D eigenvalue weighted by molar-refractivity contribution is 0.137. The molecule has 0 spiro atoms. The Morgan fingerprint density at radius 1 is 1.33 bits per heavy atom. The predicted octanol–water partition coefficient (Wildman–Crippen LogP) is 1.78. The molecule has 0 radical (unpaired) electrons. The molecule has 74 valence electrons. The average molecular weight is 173 g/mol. The fourth-order valence-electron chi connectivity index (χ4n) is 0.807. The zero-order valence-corrected chi connectivity index (χ0v) is 8.64. The van der Waals surface area contributed by atoms with Gasteiger partial charge in [-0.2, -0.15) is 0 Å². The van der Waals surface area contributed by atoms with E-state index in [9.17, 15) is 0 Å². The van der Waals surface area contributed by atoms with Crippen LogP contribution in [-0.4, -0.2) is 24.3 Å². The first-order valence-corrected chi connectivity index (χ1v) is 5.05. The Balaban J connectivity index is 0.000000217. The van der Waals surface area contributed by atoms with E-state index in [1.54, 1.807) is 0 Å². The van der Waals surface area contributed by atoms with Gasteiger partial charge in [0.15, 0.2) is 0 Å². The third kappa shape index (κ3) is 8.02. The van der Waals surface area contributed by atoms with Crippen molar-refractivity contribution in [2.24, 2.45) is 5.92 Å². The van der Waals surface area contributed by atoms with Crippen LogP contribution in [-0.2, 0) is 0 Å². The topological polar surface area (TPSA) is 32.3 Å². The van der Waals surface area contributed by atoms with Gasteiger partial charge in [-0.15, -0.1) is 0 Å². The number of hydrogen-bond donors (Lipinski definition) is 2.